The van der Waals surface area contributed by atoms with E-state index in [0.29, 0.717) is 13.1 Å². The van der Waals surface area contributed by atoms with Gasteiger partial charge in [-0.1, -0.05) is 113 Å². The van der Waals surface area contributed by atoms with E-state index in [4.69, 9.17) is 18.8 Å². The van der Waals surface area contributed by atoms with Crippen LogP contribution in [0, 0.1) is 0 Å². The summed E-state index contributed by atoms with van der Waals surface area (Å²) in [5, 5.41) is 10.7. The number of allylic oxidation sites excluding steroid dienone is 2. The molecule has 7 heteroatoms. The molecule has 0 radical (unpaired) electrons. The molecule has 2 aromatic rings. The van der Waals surface area contributed by atoms with E-state index < -0.39 is 7.32 Å². The largest absolute Gasteiger partial charge is 0.637 e. The zero-order chi connectivity index (χ0) is 32.0. The number of ether oxygens (including phenoxy) is 2. The minimum absolute atomic E-state index is 0.262. The Kier molecular flexibility index (Phi) is 19.0. The van der Waals surface area contributed by atoms with Crippen LogP contribution in [0.15, 0.2) is 72.8 Å². The molecule has 0 aliphatic carbocycles. The third-order valence-electron chi connectivity index (χ3n) is 8.62. The molecule has 1 fully saturated rings. The zero-order valence-corrected chi connectivity index (χ0v) is 28.4. The lowest BCUT2D eigenvalue weighted by Crippen LogP contribution is -2.54. The van der Waals surface area contributed by atoms with Crippen LogP contribution in [0.25, 0.3) is 0 Å². The van der Waals surface area contributed by atoms with Crippen molar-refractivity contribution in [2.75, 3.05) is 19.6 Å². The van der Waals surface area contributed by atoms with Gasteiger partial charge in [-0.05, 0) is 76.8 Å². The van der Waals surface area contributed by atoms with Gasteiger partial charge in [-0.3, -0.25) is 4.90 Å². The Hall–Kier alpha value is -2.32. The van der Waals surface area contributed by atoms with Crippen LogP contribution in [0.2, 0.25) is 0 Å². The predicted octanol–water partition coefficient (Wildman–Crippen LogP) is 9.02. The average Bonchev–Trinajstić information content (AvgIpc) is 3.03. The van der Waals surface area contributed by atoms with Gasteiger partial charge >= 0.3 is 7.32 Å². The SMILES string of the molecule is CCCCCCCCC=CCCCCCCCCN1CC(C(C)Oc2ccccc2)OB(O)OC(C(C)Oc2ccccc2)C1. The molecular weight excluding hydrogens is 561 g/mol. The predicted molar refractivity (Wildman–Crippen MR) is 187 cm³/mol. The summed E-state index contributed by atoms with van der Waals surface area (Å²) < 4.78 is 24.4. The first-order valence-electron chi connectivity index (χ1n) is 17.8. The minimum atomic E-state index is -1.35. The van der Waals surface area contributed by atoms with Gasteiger partial charge in [0.05, 0.1) is 12.2 Å². The Morgan fingerprint density at radius 3 is 1.58 bits per heavy atom. The Balaban J connectivity index is 1.41. The Labute approximate surface area is 274 Å². The second-order valence-corrected chi connectivity index (χ2v) is 12.6. The fraction of sp³-hybridized carbons (Fsp3) is 0.632. The molecule has 0 bridgehead atoms. The van der Waals surface area contributed by atoms with Crippen molar-refractivity contribution in [1.29, 1.82) is 0 Å². The van der Waals surface area contributed by atoms with Gasteiger partial charge in [0.1, 0.15) is 23.7 Å². The minimum Gasteiger partial charge on any atom is -0.488 e. The highest BCUT2D eigenvalue weighted by Crippen LogP contribution is 2.21. The molecule has 45 heavy (non-hydrogen) atoms. The molecule has 250 valence electrons. The van der Waals surface area contributed by atoms with Crippen LogP contribution in [-0.2, 0) is 9.31 Å². The van der Waals surface area contributed by atoms with Crippen LogP contribution in [0.4, 0.5) is 0 Å². The van der Waals surface area contributed by atoms with Crippen LogP contribution in [0.5, 0.6) is 11.5 Å². The molecular formula is C38H60BNO5. The lowest BCUT2D eigenvalue weighted by Gasteiger charge is -2.38. The highest BCUT2D eigenvalue weighted by atomic mass is 16.7. The number of benzene rings is 2. The first-order valence-corrected chi connectivity index (χ1v) is 17.8. The third-order valence-corrected chi connectivity index (χ3v) is 8.62. The number of rotatable bonds is 22. The van der Waals surface area contributed by atoms with Crippen molar-refractivity contribution in [1.82, 2.24) is 4.90 Å². The van der Waals surface area contributed by atoms with E-state index in [1.165, 1.54) is 83.5 Å². The number of hydrogen-bond acceptors (Lipinski definition) is 6. The van der Waals surface area contributed by atoms with Gasteiger partial charge < -0.3 is 23.8 Å². The molecule has 4 atom stereocenters. The number of hydrogen-bond donors (Lipinski definition) is 1. The van der Waals surface area contributed by atoms with Gasteiger partial charge in [0, 0.05) is 13.1 Å². The fourth-order valence-electron chi connectivity index (χ4n) is 5.86. The van der Waals surface area contributed by atoms with Crippen LogP contribution < -0.4 is 9.47 Å². The highest BCUT2D eigenvalue weighted by Gasteiger charge is 2.37. The van der Waals surface area contributed by atoms with Crippen molar-refractivity contribution in [3.05, 3.63) is 72.8 Å². The van der Waals surface area contributed by atoms with E-state index >= 15 is 0 Å². The molecule has 0 aromatic heterocycles. The second-order valence-electron chi connectivity index (χ2n) is 12.6. The molecule has 0 spiro atoms. The second kappa shape index (κ2) is 23.1. The van der Waals surface area contributed by atoms with Gasteiger partial charge in [0.15, 0.2) is 0 Å². The van der Waals surface area contributed by atoms with Crippen molar-refractivity contribution >= 4 is 7.32 Å². The molecule has 0 amide bonds. The molecule has 1 aliphatic heterocycles. The van der Waals surface area contributed by atoms with Crippen LogP contribution in [0.1, 0.15) is 111 Å². The molecule has 1 aliphatic rings. The Morgan fingerprint density at radius 1 is 0.689 bits per heavy atom. The monoisotopic (exact) mass is 621 g/mol. The Bertz CT molecular complexity index is 950. The molecule has 4 unspecified atom stereocenters. The summed E-state index contributed by atoms with van der Waals surface area (Å²) in [6.07, 6.45) is 21.7. The van der Waals surface area contributed by atoms with E-state index in [0.717, 1.165) is 24.5 Å². The summed E-state index contributed by atoms with van der Waals surface area (Å²) in [5.74, 6) is 1.57. The molecule has 1 heterocycles. The van der Waals surface area contributed by atoms with Crippen molar-refractivity contribution < 1.29 is 23.8 Å². The van der Waals surface area contributed by atoms with Crippen molar-refractivity contribution in [2.24, 2.45) is 0 Å². The molecule has 2 aromatic carbocycles. The van der Waals surface area contributed by atoms with E-state index in [2.05, 4.69) is 24.0 Å². The number of unbranched alkanes of at least 4 members (excludes halogenated alkanes) is 12. The van der Waals surface area contributed by atoms with Crippen molar-refractivity contribution in [2.45, 2.75) is 135 Å². The summed E-state index contributed by atoms with van der Waals surface area (Å²) in [6.45, 7) is 8.49. The quantitative estimate of drug-likeness (QED) is 0.0805. The van der Waals surface area contributed by atoms with Gasteiger partial charge in [0.25, 0.3) is 0 Å². The third kappa shape index (κ3) is 16.2. The Morgan fingerprint density at radius 2 is 1.11 bits per heavy atom. The van der Waals surface area contributed by atoms with E-state index in [9.17, 15) is 5.02 Å². The summed E-state index contributed by atoms with van der Waals surface area (Å²) >= 11 is 0. The highest BCUT2D eigenvalue weighted by molar-refractivity contribution is 6.34. The molecule has 0 saturated carbocycles. The maximum absolute atomic E-state index is 10.7. The smallest absolute Gasteiger partial charge is 0.488 e. The van der Waals surface area contributed by atoms with Crippen LogP contribution in [-0.4, -0.2) is 61.3 Å². The van der Waals surface area contributed by atoms with Gasteiger partial charge in [-0.25, -0.2) is 0 Å². The van der Waals surface area contributed by atoms with Gasteiger partial charge in [0.2, 0.25) is 0 Å². The van der Waals surface area contributed by atoms with Gasteiger partial charge in [-0.2, -0.15) is 0 Å². The lowest BCUT2D eigenvalue weighted by atomic mass is 10.0. The van der Waals surface area contributed by atoms with E-state index in [1.54, 1.807) is 0 Å². The summed E-state index contributed by atoms with van der Waals surface area (Å²) in [6, 6.07) is 19.5. The average molecular weight is 622 g/mol. The molecule has 1 saturated heterocycles. The summed E-state index contributed by atoms with van der Waals surface area (Å²) in [7, 11) is -1.35. The van der Waals surface area contributed by atoms with Crippen molar-refractivity contribution in [3.63, 3.8) is 0 Å². The topological polar surface area (TPSA) is 60.4 Å². The van der Waals surface area contributed by atoms with Crippen LogP contribution in [0.3, 0.4) is 0 Å². The standard InChI is InChI=1S/C38H60BNO5/c1-4-5-6-7-8-9-10-11-12-13-14-15-16-17-18-25-30-40-31-37(33(2)42-35-26-21-19-22-27-35)44-39(41)45-38(32-40)34(3)43-36-28-23-20-24-29-36/h11-12,19-24,26-29,33-34,37-38,41H,4-10,13-18,25,30-32H2,1-3H3. The van der Waals surface area contributed by atoms with Gasteiger partial charge in [-0.15, -0.1) is 0 Å². The van der Waals surface area contributed by atoms with Crippen LogP contribution >= 0.6 is 0 Å². The number of nitrogens with zero attached hydrogens (tertiary/aromatic N) is 1. The maximum atomic E-state index is 10.7. The zero-order valence-electron chi connectivity index (χ0n) is 28.4. The summed E-state index contributed by atoms with van der Waals surface area (Å²) in [4.78, 5) is 2.39. The first-order chi connectivity index (χ1) is 22.0. The first kappa shape index (κ1) is 37.1. The fourth-order valence-corrected chi connectivity index (χ4v) is 5.86. The molecule has 3 rings (SSSR count). The molecule has 6 nitrogen and oxygen atoms in total. The van der Waals surface area contributed by atoms with E-state index in [-0.39, 0.29) is 24.4 Å². The number of para-hydroxylation sites is 2. The molecule has 1 N–H and O–H groups in total. The van der Waals surface area contributed by atoms with Crippen molar-refractivity contribution in [3.8, 4) is 11.5 Å². The summed E-state index contributed by atoms with van der Waals surface area (Å²) in [5.41, 5.74) is 0. The van der Waals surface area contributed by atoms with E-state index in [1.807, 2.05) is 74.5 Å². The maximum Gasteiger partial charge on any atom is 0.637 e. The lowest BCUT2D eigenvalue weighted by molar-refractivity contribution is -0.0639. The normalized spacial score (nSPS) is 19.2.